The first-order valence-electron chi connectivity index (χ1n) is 6.86. The third kappa shape index (κ3) is 3.18. The second-order valence-corrected chi connectivity index (χ2v) is 7.64. The fourth-order valence-corrected chi connectivity index (χ4v) is 3.94. The Balaban J connectivity index is 1.87. The second kappa shape index (κ2) is 6.14. The lowest BCUT2D eigenvalue weighted by Gasteiger charge is -2.16. The van der Waals surface area contributed by atoms with E-state index in [1.807, 2.05) is 31.2 Å². The molecule has 0 N–H and O–H groups in total. The first kappa shape index (κ1) is 15.1. The highest BCUT2D eigenvalue weighted by Crippen LogP contribution is 2.30. The van der Waals surface area contributed by atoms with Crippen molar-refractivity contribution in [1.29, 1.82) is 0 Å². The van der Waals surface area contributed by atoms with Crippen LogP contribution in [0.25, 0.3) is 0 Å². The van der Waals surface area contributed by atoms with Crippen molar-refractivity contribution in [2.24, 2.45) is 5.16 Å². The fraction of sp³-hybridized carbons (Fsp3) is 0.188. The molecule has 1 aliphatic heterocycles. The maximum Gasteiger partial charge on any atom is 0.358 e. The Morgan fingerprint density at radius 2 is 1.82 bits per heavy atom. The van der Waals surface area contributed by atoms with Gasteiger partial charge in [0, 0.05) is 22.6 Å². The van der Waals surface area contributed by atoms with Gasteiger partial charge in [-0.3, -0.25) is 4.28 Å². The molecule has 22 heavy (non-hydrogen) atoms. The van der Waals surface area contributed by atoms with Gasteiger partial charge < -0.3 is 0 Å². The number of nitrogens with zero attached hydrogens (tertiary/aromatic N) is 1. The number of oxime groups is 1. The van der Waals surface area contributed by atoms with Gasteiger partial charge in [-0.25, -0.2) is 0 Å². The molecule has 2 aromatic rings. The van der Waals surface area contributed by atoms with Crippen molar-refractivity contribution in [3.05, 3.63) is 59.7 Å². The van der Waals surface area contributed by atoms with Gasteiger partial charge in [-0.05, 0) is 25.1 Å². The lowest BCUT2D eigenvalue weighted by Crippen LogP contribution is -2.12. The van der Waals surface area contributed by atoms with E-state index in [0.717, 1.165) is 21.8 Å². The van der Waals surface area contributed by atoms with Crippen LogP contribution in [0.4, 0.5) is 0 Å². The largest absolute Gasteiger partial charge is 0.358 e. The summed E-state index contributed by atoms with van der Waals surface area (Å²) in [6.45, 7) is 1.90. The number of thioether (sulfide) groups is 1. The molecule has 0 bridgehead atoms. The molecule has 1 heterocycles. The molecule has 0 aliphatic carbocycles. The molecule has 1 aliphatic rings. The van der Waals surface area contributed by atoms with Crippen LogP contribution in [0.5, 0.6) is 0 Å². The average Bonchev–Trinajstić information content (AvgIpc) is 2.53. The number of hydrogen-bond acceptors (Lipinski definition) is 5. The predicted molar refractivity (Wildman–Crippen MR) is 87.8 cm³/mol. The van der Waals surface area contributed by atoms with Crippen LogP contribution in [0.15, 0.2) is 63.5 Å². The van der Waals surface area contributed by atoms with E-state index >= 15 is 0 Å². The summed E-state index contributed by atoms with van der Waals surface area (Å²) in [5.74, 6) is 0.865. The molecule has 3 rings (SSSR count). The molecule has 4 nitrogen and oxygen atoms in total. The molecule has 0 atom stereocenters. The van der Waals surface area contributed by atoms with Crippen molar-refractivity contribution in [2.75, 3.05) is 5.75 Å². The van der Waals surface area contributed by atoms with Crippen LogP contribution in [0.1, 0.15) is 17.5 Å². The quantitative estimate of drug-likeness (QED) is 0.805. The predicted octanol–water partition coefficient (Wildman–Crippen LogP) is 3.60. The number of rotatable bonds is 3. The molecule has 0 aromatic heterocycles. The average molecular weight is 333 g/mol. The normalized spacial score (nSPS) is 16.3. The maximum absolute atomic E-state index is 12.2. The minimum Gasteiger partial charge on any atom is -0.264 e. The molecular weight excluding hydrogens is 318 g/mol. The Labute approximate surface area is 134 Å². The monoisotopic (exact) mass is 333 g/mol. The highest BCUT2D eigenvalue weighted by atomic mass is 32.2. The van der Waals surface area contributed by atoms with E-state index in [4.69, 9.17) is 4.28 Å². The zero-order chi connectivity index (χ0) is 15.6. The Bertz CT molecular complexity index is 812. The topological polar surface area (TPSA) is 55.7 Å². The minimum atomic E-state index is -3.87. The van der Waals surface area contributed by atoms with Gasteiger partial charge in [-0.1, -0.05) is 41.1 Å². The summed E-state index contributed by atoms with van der Waals surface area (Å²) < 4.78 is 29.2. The molecule has 6 heteroatoms. The van der Waals surface area contributed by atoms with E-state index in [-0.39, 0.29) is 4.90 Å². The van der Waals surface area contributed by atoms with Crippen LogP contribution >= 0.6 is 11.8 Å². The number of benzene rings is 2. The summed E-state index contributed by atoms with van der Waals surface area (Å²) in [6, 6.07) is 14.3. The van der Waals surface area contributed by atoms with Crippen molar-refractivity contribution in [2.45, 2.75) is 23.1 Å². The van der Waals surface area contributed by atoms with Crippen LogP contribution < -0.4 is 0 Å². The highest BCUT2D eigenvalue weighted by Gasteiger charge is 2.19. The SMILES string of the molecule is Cc1ccc(S(=O)(=O)O/N=C2/CCSc3ccccc32)cc1. The zero-order valence-electron chi connectivity index (χ0n) is 12.0. The van der Waals surface area contributed by atoms with E-state index in [1.54, 1.807) is 23.9 Å². The zero-order valence-corrected chi connectivity index (χ0v) is 13.7. The molecule has 114 valence electrons. The van der Waals surface area contributed by atoms with Crippen LogP contribution in [0.2, 0.25) is 0 Å². The van der Waals surface area contributed by atoms with Gasteiger partial charge in [0.15, 0.2) is 0 Å². The van der Waals surface area contributed by atoms with E-state index in [9.17, 15) is 8.42 Å². The van der Waals surface area contributed by atoms with Crippen LogP contribution in [0.3, 0.4) is 0 Å². The molecule has 0 saturated heterocycles. The Morgan fingerprint density at radius 3 is 2.59 bits per heavy atom. The summed E-state index contributed by atoms with van der Waals surface area (Å²) in [5.41, 5.74) is 2.60. The molecule has 2 aromatic carbocycles. The number of aryl methyl sites for hydroxylation is 1. The van der Waals surface area contributed by atoms with E-state index < -0.39 is 10.1 Å². The molecule has 0 saturated carbocycles. The van der Waals surface area contributed by atoms with E-state index in [0.29, 0.717) is 12.1 Å². The van der Waals surface area contributed by atoms with Gasteiger partial charge in [0.05, 0.1) is 5.71 Å². The third-order valence-electron chi connectivity index (χ3n) is 3.35. The van der Waals surface area contributed by atoms with Crippen molar-refractivity contribution >= 4 is 27.6 Å². The lowest BCUT2D eigenvalue weighted by atomic mass is 10.1. The molecule has 0 radical (unpaired) electrons. The first-order valence-corrected chi connectivity index (χ1v) is 9.25. The second-order valence-electron chi connectivity index (χ2n) is 4.97. The van der Waals surface area contributed by atoms with E-state index in [2.05, 4.69) is 5.16 Å². The van der Waals surface area contributed by atoms with E-state index in [1.165, 1.54) is 12.1 Å². The summed E-state index contributed by atoms with van der Waals surface area (Å²) in [6.07, 6.45) is 0.686. The fourth-order valence-electron chi connectivity index (χ4n) is 2.16. The number of fused-ring (bicyclic) bond motifs is 1. The van der Waals surface area contributed by atoms with Gasteiger partial charge in [-0.2, -0.15) is 8.42 Å². The standard InChI is InChI=1S/C16H15NO3S2/c1-12-6-8-13(9-7-12)22(18,19)20-17-15-10-11-21-16-5-3-2-4-14(15)16/h2-9H,10-11H2,1H3/b17-15-. The third-order valence-corrected chi connectivity index (χ3v) is 5.55. The minimum absolute atomic E-state index is 0.112. The van der Waals surface area contributed by atoms with Crippen molar-refractivity contribution in [3.63, 3.8) is 0 Å². The Kier molecular flexibility index (Phi) is 4.22. The summed E-state index contributed by atoms with van der Waals surface area (Å²) >= 11 is 1.74. The lowest BCUT2D eigenvalue weighted by molar-refractivity contribution is 0.338. The van der Waals surface area contributed by atoms with Gasteiger partial charge in [0.1, 0.15) is 4.90 Å². The van der Waals surface area contributed by atoms with Crippen molar-refractivity contribution in [3.8, 4) is 0 Å². The molecule has 0 fully saturated rings. The van der Waals surface area contributed by atoms with Crippen LogP contribution in [-0.4, -0.2) is 19.9 Å². The molecule has 0 spiro atoms. The van der Waals surface area contributed by atoms with Gasteiger partial charge >= 0.3 is 10.1 Å². The Morgan fingerprint density at radius 1 is 1.09 bits per heavy atom. The summed E-state index contributed by atoms with van der Waals surface area (Å²) in [7, 11) is -3.87. The smallest absolute Gasteiger partial charge is 0.264 e. The van der Waals surface area contributed by atoms with Crippen molar-refractivity contribution in [1.82, 2.24) is 0 Å². The van der Waals surface area contributed by atoms with Crippen LogP contribution in [0, 0.1) is 6.92 Å². The van der Waals surface area contributed by atoms with Gasteiger partial charge in [0.2, 0.25) is 0 Å². The molecule has 0 unspecified atom stereocenters. The van der Waals surface area contributed by atoms with Gasteiger partial charge in [0.25, 0.3) is 0 Å². The van der Waals surface area contributed by atoms with Crippen LogP contribution in [-0.2, 0) is 14.4 Å². The maximum atomic E-state index is 12.2. The Hall–Kier alpha value is -1.79. The van der Waals surface area contributed by atoms with Crippen molar-refractivity contribution < 1.29 is 12.7 Å². The number of hydrogen-bond donors (Lipinski definition) is 0. The first-order chi connectivity index (χ1) is 10.6. The summed E-state index contributed by atoms with van der Waals surface area (Å²) in [5, 5.41) is 3.91. The molecular formula is C16H15NO3S2. The van der Waals surface area contributed by atoms with Gasteiger partial charge in [-0.15, -0.1) is 11.8 Å². The summed E-state index contributed by atoms with van der Waals surface area (Å²) in [4.78, 5) is 1.21. The molecule has 0 amide bonds. The highest BCUT2D eigenvalue weighted by molar-refractivity contribution is 7.99.